The van der Waals surface area contributed by atoms with Gasteiger partial charge in [-0.15, -0.1) is 0 Å². The minimum Gasteiger partial charge on any atom is -0.441 e. The van der Waals surface area contributed by atoms with Gasteiger partial charge in [0.25, 0.3) is 0 Å². The van der Waals surface area contributed by atoms with Crippen LogP contribution in [0.1, 0.15) is 23.4 Å². The number of benzene rings is 2. The number of oxazole rings is 1. The topological polar surface area (TPSA) is 73.0 Å². The van der Waals surface area contributed by atoms with E-state index < -0.39 is 0 Å². The molecule has 0 atom stereocenters. The van der Waals surface area contributed by atoms with Crippen LogP contribution in [0.2, 0.25) is 0 Å². The second kappa shape index (κ2) is 9.17. The predicted molar refractivity (Wildman–Crippen MR) is 110 cm³/mol. The average Bonchev–Trinajstić information content (AvgIpc) is 3.44. The first kappa shape index (κ1) is 19.6. The van der Waals surface area contributed by atoms with E-state index in [-0.39, 0.29) is 18.1 Å². The van der Waals surface area contributed by atoms with E-state index >= 15 is 0 Å². The van der Waals surface area contributed by atoms with Crippen molar-refractivity contribution in [2.24, 2.45) is 0 Å². The predicted octanol–water partition coefficient (Wildman–Crippen LogP) is 3.97. The number of carbonyl (C=O) groups excluding carboxylic acids is 1. The van der Waals surface area contributed by atoms with Crippen LogP contribution in [0.3, 0.4) is 0 Å². The molecule has 30 heavy (non-hydrogen) atoms. The van der Waals surface area contributed by atoms with Crippen molar-refractivity contribution in [2.45, 2.75) is 25.9 Å². The Morgan fingerprint density at radius 3 is 2.57 bits per heavy atom. The maximum Gasteiger partial charge on any atom is 0.220 e. The summed E-state index contributed by atoms with van der Waals surface area (Å²) in [5.74, 6) is 0.663. The number of amides is 1. The number of nitrogens with zero attached hydrogens (tertiary/aromatic N) is 3. The van der Waals surface area contributed by atoms with E-state index in [1.165, 1.54) is 17.7 Å². The van der Waals surface area contributed by atoms with Crippen molar-refractivity contribution in [2.75, 3.05) is 0 Å². The molecule has 0 bridgehead atoms. The van der Waals surface area contributed by atoms with Gasteiger partial charge in [0.2, 0.25) is 5.91 Å². The Labute approximate surface area is 173 Å². The first-order valence-electron chi connectivity index (χ1n) is 9.66. The molecule has 0 aliphatic heterocycles. The van der Waals surface area contributed by atoms with Gasteiger partial charge in [-0.2, -0.15) is 0 Å². The molecule has 0 aliphatic carbocycles. The zero-order chi connectivity index (χ0) is 20.8. The molecule has 0 unspecified atom stereocenters. The van der Waals surface area contributed by atoms with E-state index in [0.717, 1.165) is 17.7 Å². The van der Waals surface area contributed by atoms with Crippen LogP contribution in [0.25, 0.3) is 11.3 Å². The quantitative estimate of drug-likeness (QED) is 0.482. The highest BCUT2D eigenvalue weighted by molar-refractivity contribution is 5.76. The van der Waals surface area contributed by atoms with E-state index in [0.29, 0.717) is 24.6 Å². The molecular weight excluding hydrogens is 383 g/mol. The summed E-state index contributed by atoms with van der Waals surface area (Å²) in [7, 11) is 0. The van der Waals surface area contributed by atoms with E-state index in [4.69, 9.17) is 4.42 Å². The SMILES string of the molecule is O=C(CCc1ncc(-c2ccc(F)cc2)o1)NCc1ccc(Cn2ccnc2)cc1. The molecule has 0 aliphatic rings. The summed E-state index contributed by atoms with van der Waals surface area (Å²) in [4.78, 5) is 20.4. The Kier molecular flexibility index (Phi) is 5.98. The summed E-state index contributed by atoms with van der Waals surface area (Å²) >= 11 is 0. The second-order valence-electron chi connectivity index (χ2n) is 6.95. The third-order valence-electron chi connectivity index (χ3n) is 4.69. The van der Waals surface area contributed by atoms with Gasteiger partial charge in [-0.25, -0.2) is 14.4 Å². The Balaban J connectivity index is 1.23. The van der Waals surface area contributed by atoms with Crippen LogP contribution in [-0.4, -0.2) is 20.4 Å². The zero-order valence-corrected chi connectivity index (χ0v) is 16.3. The maximum absolute atomic E-state index is 13.0. The van der Waals surface area contributed by atoms with Crippen molar-refractivity contribution in [3.63, 3.8) is 0 Å². The standard InChI is InChI=1S/C23H21FN4O2/c24-20-7-5-19(6-8-20)21-14-27-23(30-21)10-9-22(29)26-13-17-1-3-18(4-2-17)15-28-12-11-25-16-28/h1-8,11-12,14,16H,9-10,13,15H2,(H,26,29). The summed E-state index contributed by atoms with van der Waals surface area (Å²) in [6.45, 7) is 1.24. The first-order valence-corrected chi connectivity index (χ1v) is 9.66. The summed E-state index contributed by atoms with van der Waals surface area (Å²) in [5, 5.41) is 2.91. The fourth-order valence-corrected chi connectivity index (χ4v) is 3.04. The van der Waals surface area contributed by atoms with Crippen molar-refractivity contribution < 1.29 is 13.6 Å². The molecule has 0 radical (unpaired) electrons. The number of aromatic nitrogens is 3. The highest BCUT2D eigenvalue weighted by atomic mass is 19.1. The number of halogens is 1. The average molecular weight is 404 g/mol. The van der Waals surface area contributed by atoms with E-state index in [2.05, 4.69) is 15.3 Å². The van der Waals surface area contributed by atoms with Gasteiger partial charge in [0.1, 0.15) is 5.82 Å². The third kappa shape index (κ3) is 5.20. The van der Waals surface area contributed by atoms with Crippen LogP contribution in [-0.2, 0) is 24.3 Å². The molecule has 4 aromatic rings. The largest absolute Gasteiger partial charge is 0.441 e. The zero-order valence-electron chi connectivity index (χ0n) is 16.3. The summed E-state index contributed by atoms with van der Waals surface area (Å²) in [6, 6.07) is 14.1. The molecule has 0 saturated carbocycles. The van der Waals surface area contributed by atoms with Gasteiger partial charge >= 0.3 is 0 Å². The van der Waals surface area contributed by atoms with Gasteiger partial charge in [-0.1, -0.05) is 24.3 Å². The van der Waals surface area contributed by atoms with Crippen LogP contribution in [0.15, 0.2) is 77.9 Å². The molecule has 2 aromatic carbocycles. The van der Waals surface area contributed by atoms with Crippen LogP contribution >= 0.6 is 0 Å². The Bertz CT molecular complexity index is 1090. The molecule has 152 valence electrons. The van der Waals surface area contributed by atoms with Gasteiger partial charge in [-0.3, -0.25) is 4.79 Å². The van der Waals surface area contributed by atoms with Crippen molar-refractivity contribution >= 4 is 5.91 Å². The lowest BCUT2D eigenvalue weighted by Crippen LogP contribution is -2.23. The van der Waals surface area contributed by atoms with E-state index in [9.17, 15) is 9.18 Å². The summed E-state index contributed by atoms with van der Waals surface area (Å²) in [5.41, 5.74) is 2.95. The highest BCUT2D eigenvalue weighted by Crippen LogP contribution is 2.21. The molecule has 2 heterocycles. The third-order valence-corrected chi connectivity index (χ3v) is 4.69. The fraction of sp³-hybridized carbons (Fsp3) is 0.174. The minimum absolute atomic E-state index is 0.0703. The van der Waals surface area contributed by atoms with Crippen LogP contribution in [0.4, 0.5) is 4.39 Å². The number of rotatable bonds is 8. The molecular formula is C23H21FN4O2. The van der Waals surface area contributed by atoms with Crippen molar-refractivity contribution in [3.8, 4) is 11.3 Å². The van der Waals surface area contributed by atoms with Gasteiger partial charge in [0.05, 0.1) is 12.5 Å². The summed E-state index contributed by atoms with van der Waals surface area (Å²) in [6.07, 6.45) is 7.73. The Morgan fingerprint density at radius 1 is 1.07 bits per heavy atom. The molecule has 0 saturated heterocycles. The van der Waals surface area contributed by atoms with Crippen molar-refractivity contribution in [3.05, 3.63) is 96.3 Å². The van der Waals surface area contributed by atoms with Crippen molar-refractivity contribution in [1.82, 2.24) is 19.9 Å². The lowest BCUT2D eigenvalue weighted by atomic mass is 10.1. The lowest BCUT2D eigenvalue weighted by molar-refractivity contribution is -0.121. The van der Waals surface area contributed by atoms with Crippen LogP contribution in [0, 0.1) is 5.82 Å². The van der Waals surface area contributed by atoms with Crippen LogP contribution in [0.5, 0.6) is 0 Å². The van der Waals surface area contributed by atoms with E-state index in [1.807, 2.05) is 35.0 Å². The van der Waals surface area contributed by atoms with Gasteiger partial charge < -0.3 is 14.3 Å². The van der Waals surface area contributed by atoms with E-state index in [1.54, 1.807) is 30.9 Å². The Hall–Kier alpha value is -3.74. The monoisotopic (exact) mass is 404 g/mol. The number of hydrogen-bond acceptors (Lipinski definition) is 4. The number of carbonyl (C=O) groups is 1. The molecule has 1 N–H and O–H groups in total. The maximum atomic E-state index is 13.0. The molecule has 0 spiro atoms. The number of aryl methyl sites for hydroxylation is 1. The fourth-order valence-electron chi connectivity index (χ4n) is 3.04. The lowest BCUT2D eigenvalue weighted by Gasteiger charge is -2.07. The number of nitrogens with one attached hydrogen (secondary N) is 1. The first-order chi connectivity index (χ1) is 14.7. The second-order valence-corrected chi connectivity index (χ2v) is 6.95. The van der Waals surface area contributed by atoms with Gasteiger partial charge in [0, 0.05) is 43.9 Å². The molecule has 2 aromatic heterocycles. The molecule has 6 nitrogen and oxygen atoms in total. The van der Waals surface area contributed by atoms with Crippen molar-refractivity contribution in [1.29, 1.82) is 0 Å². The number of imidazole rings is 1. The minimum atomic E-state index is -0.303. The molecule has 0 fully saturated rings. The Morgan fingerprint density at radius 2 is 1.83 bits per heavy atom. The van der Waals surface area contributed by atoms with Gasteiger partial charge in [0.15, 0.2) is 11.7 Å². The number of hydrogen-bond donors (Lipinski definition) is 1. The smallest absolute Gasteiger partial charge is 0.220 e. The van der Waals surface area contributed by atoms with Gasteiger partial charge in [-0.05, 0) is 35.4 Å². The molecule has 4 rings (SSSR count). The molecule has 7 heteroatoms. The van der Waals surface area contributed by atoms with Crippen LogP contribution < -0.4 is 5.32 Å². The highest BCUT2D eigenvalue weighted by Gasteiger charge is 2.09. The normalized spacial score (nSPS) is 10.8. The summed E-state index contributed by atoms with van der Waals surface area (Å²) < 4.78 is 20.7. The molecule has 1 amide bonds.